The molecule has 2 saturated carbocycles. The molecular weight excluding hydrogens is 373 g/mol. The Bertz CT molecular complexity index is 719. The van der Waals surface area contributed by atoms with E-state index in [1.807, 2.05) is 0 Å². The molecule has 3 rings (SSSR count). The lowest BCUT2D eigenvalue weighted by atomic mass is 10.0. The molecule has 27 heavy (non-hydrogen) atoms. The van der Waals surface area contributed by atoms with Crippen LogP contribution < -0.4 is 9.46 Å². The quantitative estimate of drug-likeness (QED) is 0.406. The van der Waals surface area contributed by atoms with E-state index in [4.69, 9.17) is 14.2 Å². The summed E-state index contributed by atoms with van der Waals surface area (Å²) in [5.74, 6) is 0.535. The molecule has 0 bridgehead atoms. The van der Waals surface area contributed by atoms with Gasteiger partial charge in [0.15, 0.2) is 11.6 Å². The van der Waals surface area contributed by atoms with Crippen LogP contribution in [0.1, 0.15) is 43.7 Å². The van der Waals surface area contributed by atoms with Gasteiger partial charge in [0.1, 0.15) is 6.79 Å². The SMILES string of the molecule is COCOCCCS(=O)(=O)N[C@@H](c1ccc(F)c(OCC2CC2)c1)C1CC1. The fourth-order valence-electron chi connectivity index (χ4n) is 2.93. The monoisotopic (exact) mass is 401 g/mol. The van der Waals surface area contributed by atoms with Crippen LogP contribution in [0.25, 0.3) is 0 Å². The Morgan fingerprint density at radius 1 is 1.26 bits per heavy atom. The predicted octanol–water partition coefficient (Wildman–Crippen LogP) is 3.00. The van der Waals surface area contributed by atoms with Crippen molar-refractivity contribution in [1.29, 1.82) is 0 Å². The summed E-state index contributed by atoms with van der Waals surface area (Å²) in [6, 6.07) is 4.30. The normalized spacial score (nSPS) is 18.4. The highest BCUT2D eigenvalue weighted by Gasteiger charge is 2.35. The molecule has 8 heteroatoms. The lowest BCUT2D eigenvalue weighted by Gasteiger charge is -2.20. The van der Waals surface area contributed by atoms with Crippen molar-refractivity contribution in [3.63, 3.8) is 0 Å². The summed E-state index contributed by atoms with van der Waals surface area (Å²) in [7, 11) is -1.95. The molecule has 0 radical (unpaired) electrons. The zero-order chi connectivity index (χ0) is 19.3. The Morgan fingerprint density at radius 3 is 2.70 bits per heavy atom. The van der Waals surface area contributed by atoms with Crippen molar-refractivity contribution in [1.82, 2.24) is 4.72 Å². The lowest BCUT2D eigenvalue weighted by molar-refractivity contribution is -0.0298. The number of rotatable bonds is 13. The van der Waals surface area contributed by atoms with Gasteiger partial charge in [-0.05, 0) is 61.6 Å². The maximum absolute atomic E-state index is 14.0. The van der Waals surface area contributed by atoms with Gasteiger partial charge in [0.25, 0.3) is 0 Å². The first kappa shape index (κ1) is 20.5. The summed E-state index contributed by atoms with van der Waals surface area (Å²) in [6.45, 7) is 0.984. The summed E-state index contributed by atoms with van der Waals surface area (Å²) >= 11 is 0. The van der Waals surface area contributed by atoms with Gasteiger partial charge in [0.2, 0.25) is 10.0 Å². The molecule has 2 aliphatic carbocycles. The molecule has 1 aromatic carbocycles. The van der Waals surface area contributed by atoms with Crippen LogP contribution in [0.2, 0.25) is 0 Å². The van der Waals surface area contributed by atoms with Crippen LogP contribution in [0.5, 0.6) is 5.75 Å². The molecule has 0 spiro atoms. The third-order valence-corrected chi connectivity index (χ3v) is 6.23. The molecule has 1 aromatic rings. The summed E-state index contributed by atoms with van der Waals surface area (Å²) in [6.07, 6.45) is 4.55. The largest absolute Gasteiger partial charge is 0.490 e. The molecule has 1 N–H and O–H groups in total. The number of methoxy groups -OCH3 is 1. The Hall–Kier alpha value is -1.22. The van der Waals surface area contributed by atoms with E-state index >= 15 is 0 Å². The van der Waals surface area contributed by atoms with Crippen LogP contribution in [-0.4, -0.2) is 41.3 Å². The molecule has 152 valence electrons. The minimum atomic E-state index is -3.47. The third kappa shape index (κ3) is 6.71. The maximum atomic E-state index is 14.0. The van der Waals surface area contributed by atoms with Gasteiger partial charge in [0, 0.05) is 13.2 Å². The van der Waals surface area contributed by atoms with E-state index in [1.54, 1.807) is 12.1 Å². The second-order valence-corrected chi connectivity index (χ2v) is 9.24. The van der Waals surface area contributed by atoms with Crippen molar-refractivity contribution in [2.75, 3.05) is 32.9 Å². The average Bonchev–Trinajstić information content (AvgIpc) is 3.53. The van der Waals surface area contributed by atoms with E-state index in [1.165, 1.54) is 13.2 Å². The summed E-state index contributed by atoms with van der Waals surface area (Å²) in [4.78, 5) is 0. The smallest absolute Gasteiger partial charge is 0.212 e. The van der Waals surface area contributed by atoms with Crippen LogP contribution >= 0.6 is 0 Å². The zero-order valence-electron chi connectivity index (χ0n) is 15.7. The third-order valence-electron chi connectivity index (χ3n) is 4.79. The van der Waals surface area contributed by atoms with Gasteiger partial charge in [-0.3, -0.25) is 0 Å². The number of hydrogen-bond acceptors (Lipinski definition) is 5. The van der Waals surface area contributed by atoms with Crippen LogP contribution in [-0.2, 0) is 19.5 Å². The summed E-state index contributed by atoms with van der Waals surface area (Å²) in [5, 5.41) is 0. The highest BCUT2D eigenvalue weighted by molar-refractivity contribution is 7.89. The van der Waals surface area contributed by atoms with E-state index in [-0.39, 0.29) is 30.3 Å². The first-order valence-corrected chi connectivity index (χ1v) is 11.1. The van der Waals surface area contributed by atoms with Crippen molar-refractivity contribution in [2.45, 2.75) is 38.1 Å². The molecule has 2 fully saturated rings. The second-order valence-electron chi connectivity index (χ2n) is 7.36. The van der Waals surface area contributed by atoms with Gasteiger partial charge in [-0.25, -0.2) is 17.5 Å². The van der Waals surface area contributed by atoms with Gasteiger partial charge >= 0.3 is 0 Å². The van der Waals surface area contributed by atoms with Gasteiger partial charge in [0.05, 0.1) is 19.0 Å². The molecule has 1 atom stereocenters. The average molecular weight is 402 g/mol. The van der Waals surface area contributed by atoms with Crippen molar-refractivity contribution in [3.8, 4) is 5.75 Å². The molecular formula is C19H28FNO5S. The van der Waals surface area contributed by atoms with Gasteiger partial charge in [-0.2, -0.15) is 0 Å². The lowest BCUT2D eigenvalue weighted by Crippen LogP contribution is -2.32. The predicted molar refractivity (Wildman–Crippen MR) is 99.5 cm³/mol. The zero-order valence-corrected chi connectivity index (χ0v) is 16.5. The number of nitrogens with one attached hydrogen (secondary N) is 1. The molecule has 2 aliphatic rings. The Balaban J connectivity index is 1.61. The Kier molecular flexibility index (Phi) is 7.08. The van der Waals surface area contributed by atoms with Crippen molar-refractivity contribution in [2.24, 2.45) is 11.8 Å². The fourth-order valence-corrected chi connectivity index (χ4v) is 4.26. The summed E-state index contributed by atoms with van der Waals surface area (Å²) < 4.78 is 57.2. The topological polar surface area (TPSA) is 73.9 Å². The standard InChI is InChI=1S/C19H28FNO5S/c1-24-13-25-9-2-10-27(22,23)21-19(15-5-6-15)16-7-8-17(20)18(11-16)26-12-14-3-4-14/h7-8,11,14-15,19,21H,2-6,9-10,12-13H2,1H3/t19-/m1/s1. The number of hydrogen-bond donors (Lipinski definition) is 1. The number of halogens is 1. The first-order valence-electron chi connectivity index (χ1n) is 9.47. The van der Waals surface area contributed by atoms with Crippen LogP contribution in [0.15, 0.2) is 18.2 Å². The molecule has 0 saturated heterocycles. The van der Waals surface area contributed by atoms with Crippen LogP contribution in [0.3, 0.4) is 0 Å². The van der Waals surface area contributed by atoms with E-state index in [0.29, 0.717) is 25.6 Å². The summed E-state index contributed by atoms with van der Waals surface area (Å²) in [5.41, 5.74) is 0.754. The van der Waals surface area contributed by atoms with E-state index < -0.39 is 15.8 Å². The molecule has 0 unspecified atom stereocenters. The molecule has 0 amide bonds. The molecule has 6 nitrogen and oxygen atoms in total. The van der Waals surface area contributed by atoms with Gasteiger partial charge < -0.3 is 14.2 Å². The van der Waals surface area contributed by atoms with E-state index in [9.17, 15) is 12.8 Å². The minimum absolute atomic E-state index is 0.0217. The molecule has 0 aromatic heterocycles. The van der Waals surface area contributed by atoms with E-state index in [0.717, 1.165) is 31.2 Å². The Morgan fingerprint density at radius 2 is 2.04 bits per heavy atom. The number of sulfonamides is 1. The highest BCUT2D eigenvalue weighted by Crippen LogP contribution is 2.42. The van der Waals surface area contributed by atoms with Crippen LogP contribution in [0.4, 0.5) is 4.39 Å². The minimum Gasteiger partial charge on any atom is -0.490 e. The maximum Gasteiger partial charge on any atom is 0.212 e. The van der Waals surface area contributed by atoms with Crippen molar-refractivity contribution < 1.29 is 27.0 Å². The van der Waals surface area contributed by atoms with Crippen molar-refractivity contribution >= 4 is 10.0 Å². The number of benzene rings is 1. The second kappa shape index (κ2) is 9.32. The fraction of sp³-hybridized carbons (Fsp3) is 0.684. The van der Waals surface area contributed by atoms with Crippen molar-refractivity contribution in [3.05, 3.63) is 29.6 Å². The molecule has 0 heterocycles. The van der Waals surface area contributed by atoms with Gasteiger partial charge in [-0.1, -0.05) is 6.07 Å². The van der Waals surface area contributed by atoms with Gasteiger partial charge in [-0.15, -0.1) is 0 Å². The highest BCUT2D eigenvalue weighted by atomic mass is 32.2. The Labute approximate surface area is 160 Å². The first-order chi connectivity index (χ1) is 13.0. The number of ether oxygens (including phenoxy) is 3. The van der Waals surface area contributed by atoms with E-state index in [2.05, 4.69) is 4.72 Å². The molecule has 0 aliphatic heterocycles. The van der Waals surface area contributed by atoms with Crippen LogP contribution in [0, 0.1) is 17.7 Å².